The Bertz CT molecular complexity index is 795. The van der Waals surface area contributed by atoms with E-state index in [9.17, 15) is 14.9 Å². The molecule has 0 radical (unpaired) electrons. The van der Waals surface area contributed by atoms with Crippen LogP contribution in [0.3, 0.4) is 0 Å². The Morgan fingerprint density at radius 1 is 1.14 bits per heavy atom. The van der Waals surface area contributed by atoms with E-state index < -0.39 is 10.9 Å². The average Bonchev–Trinajstić information content (AvgIpc) is 2.89. The molecule has 7 heteroatoms. The minimum absolute atomic E-state index is 0.0436. The van der Waals surface area contributed by atoms with E-state index >= 15 is 0 Å². The number of ether oxygens (including phenoxy) is 1. The monoisotopic (exact) mass is 295 g/mol. The molecule has 22 heavy (non-hydrogen) atoms. The topological polar surface area (TPSA) is 94.7 Å². The van der Waals surface area contributed by atoms with Gasteiger partial charge in [0.2, 0.25) is 5.90 Å². The molecule has 1 aliphatic rings. The van der Waals surface area contributed by atoms with Crippen LogP contribution in [-0.4, -0.2) is 21.8 Å². The van der Waals surface area contributed by atoms with Gasteiger partial charge in [-0.1, -0.05) is 6.07 Å². The van der Waals surface area contributed by atoms with Crippen LogP contribution in [0, 0.1) is 10.1 Å². The number of rotatable bonds is 3. The maximum atomic E-state index is 11.8. The van der Waals surface area contributed by atoms with E-state index in [2.05, 4.69) is 9.98 Å². The Morgan fingerprint density at radius 2 is 1.91 bits per heavy atom. The van der Waals surface area contributed by atoms with Gasteiger partial charge in [0.15, 0.2) is 5.70 Å². The Balaban J connectivity index is 1.90. The molecule has 2 aromatic rings. The zero-order chi connectivity index (χ0) is 15.5. The van der Waals surface area contributed by atoms with Gasteiger partial charge in [0.1, 0.15) is 0 Å². The number of benzene rings is 1. The largest absolute Gasteiger partial charge is 0.402 e. The zero-order valence-corrected chi connectivity index (χ0v) is 11.2. The van der Waals surface area contributed by atoms with Crippen molar-refractivity contribution in [1.29, 1.82) is 0 Å². The van der Waals surface area contributed by atoms with Crippen molar-refractivity contribution in [3.63, 3.8) is 0 Å². The van der Waals surface area contributed by atoms with Gasteiger partial charge in [0, 0.05) is 23.9 Å². The number of nitrogens with zero attached hydrogens (tertiary/aromatic N) is 3. The molecule has 0 unspecified atom stereocenters. The first-order valence-electron chi connectivity index (χ1n) is 6.32. The van der Waals surface area contributed by atoms with Gasteiger partial charge in [-0.25, -0.2) is 9.79 Å². The van der Waals surface area contributed by atoms with Crippen molar-refractivity contribution < 1.29 is 14.5 Å². The molecular weight excluding hydrogens is 286 g/mol. The first-order chi connectivity index (χ1) is 10.6. The Hall–Kier alpha value is -3.35. The number of cyclic esters (lactones) is 1. The minimum atomic E-state index is -0.584. The molecule has 0 aliphatic carbocycles. The number of nitro groups is 1. The summed E-state index contributed by atoms with van der Waals surface area (Å²) in [5, 5.41) is 10.6. The molecular formula is C15H9N3O4. The molecule has 2 heterocycles. The quantitative estimate of drug-likeness (QED) is 0.375. The number of carbonyl (C=O) groups excluding carboxylic acids is 1. The molecule has 0 spiro atoms. The van der Waals surface area contributed by atoms with Gasteiger partial charge in [-0.2, -0.15) is 0 Å². The second-order valence-electron chi connectivity index (χ2n) is 4.39. The van der Waals surface area contributed by atoms with Crippen LogP contribution in [0.1, 0.15) is 11.3 Å². The van der Waals surface area contributed by atoms with Crippen LogP contribution in [0.25, 0.3) is 6.08 Å². The summed E-state index contributed by atoms with van der Waals surface area (Å²) < 4.78 is 5.08. The van der Waals surface area contributed by atoms with Gasteiger partial charge < -0.3 is 4.74 Å². The molecule has 0 amide bonds. The van der Waals surface area contributed by atoms with Crippen LogP contribution in [-0.2, 0) is 9.53 Å². The fraction of sp³-hybridized carbons (Fsp3) is 0. The lowest BCUT2D eigenvalue weighted by atomic mass is 10.2. The number of aliphatic imine (C=N–C) groups is 1. The fourth-order valence-corrected chi connectivity index (χ4v) is 1.86. The van der Waals surface area contributed by atoms with Crippen LogP contribution < -0.4 is 0 Å². The van der Waals surface area contributed by atoms with Gasteiger partial charge in [-0.3, -0.25) is 15.1 Å². The SMILES string of the molecule is O=C1OC(c2ccc([N+](=O)[O-])cc2)=NC1=Cc1ccccn1. The average molecular weight is 295 g/mol. The molecule has 1 aliphatic heterocycles. The van der Waals surface area contributed by atoms with Crippen molar-refractivity contribution in [2.75, 3.05) is 0 Å². The van der Waals surface area contributed by atoms with Gasteiger partial charge >= 0.3 is 5.97 Å². The number of nitro benzene ring substituents is 1. The van der Waals surface area contributed by atoms with E-state index in [0.29, 0.717) is 11.3 Å². The molecule has 7 nitrogen and oxygen atoms in total. The summed E-state index contributed by atoms with van der Waals surface area (Å²) in [7, 11) is 0. The second-order valence-corrected chi connectivity index (χ2v) is 4.39. The standard InChI is InChI=1S/C15H9N3O4/c19-15-13(9-11-3-1-2-8-16-11)17-14(22-15)10-4-6-12(7-5-10)18(20)21/h1-9H. The fourth-order valence-electron chi connectivity index (χ4n) is 1.86. The normalized spacial score (nSPS) is 15.5. The molecule has 0 saturated carbocycles. The second kappa shape index (κ2) is 5.57. The lowest BCUT2D eigenvalue weighted by Crippen LogP contribution is -2.05. The van der Waals surface area contributed by atoms with Crippen molar-refractivity contribution in [3.05, 3.63) is 75.7 Å². The highest BCUT2D eigenvalue weighted by Gasteiger charge is 2.24. The Kier molecular flexibility index (Phi) is 3.45. The molecule has 1 aromatic heterocycles. The first-order valence-corrected chi connectivity index (χ1v) is 6.32. The highest BCUT2D eigenvalue weighted by Crippen LogP contribution is 2.20. The number of hydrogen-bond donors (Lipinski definition) is 0. The molecule has 0 N–H and O–H groups in total. The van der Waals surface area contributed by atoms with Gasteiger partial charge in [-0.05, 0) is 30.3 Å². The van der Waals surface area contributed by atoms with Crippen molar-refractivity contribution in [2.24, 2.45) is 4.99 Å². The number of aromatic nitrogens is 1. The maximum absolute atomic E-state index is 11.8. The summed E-state index contributed by atoms with van der Waals surface area (Å²) in [6.07, 6.45) is 3.12. The molecule has 0 bridgehead atoms. The van der Waals surface area contributed by atoms with Crippen molar-refractivity contribution in [2.45, 2.75) is 0 Å². The molecule has 108 valence electrons. The minimum Gasteiger partial charge on any atom is -0.402 e. The molecule has 3 rings (SSSR count). The number of hydrogen-bond acceptors (Lipinski definition) is 6. The summed E-state index contributed by atoms with van der Waals surface area (Å²) >= 11 is 0. The van der Waals surface area contributed by atoms with E-state index in [0.717, 1.165) is 0 Å². The van der Waals surface area contributed by atoms with Crippen LogP contribution in [0.2, 0.25) is 0 Å². The van der Waals surface area contributed by atoms with E-state index in [-0.39, 0.29) is 17.3 Å². The predicted octanol–water partition coefficient (Wildman–Crippen LogP) is 2.33. The molecule has 0 atom stereocenters. The first kappa shape index (κ1) is 13.6. The third-order valence-corrected chi connectivity index (χ3v) is 2.92. The van der Waals surface area contributed by atoms with Gasteiger partial charge in [-0.15, -0.1) is 0 Å². The summed E-state index contributed by atoms with van der Waals surface area (Å²) in [6, 6.07) is 10.9. The Labute approximate surface area is 124 Å². The van der Waals surface area contributed by atoms with Crippen LogP contribution in [0.4, 0.5) is 5.69 Å². The van der Waals surface area contributed by atoms with Crippen molar-refractivity contribution in [3.8, 4) is 0 Å². The van der Waals surface area contributed by atoms with E-state index in [1.807, 2.05) is 0 Å². The summed E-state index contributed by atoms with van der Waals surface area (Å²) in [6.45, 7) is 0. The van der Waals surface area contributed by atoms with Crippen molar-refractivity contribution >= 4 is 23.6 Å². The number of pyridine rings is 1. The van der Waals surface area contributed by atoms with Crippen molar-refractivity contribution in [1.82, 2.24) is 4.98 Å². The third kappa shape index (κ3) is 2.73. The van der Waals surface area contributed by atoms with Crippen LogP contribution >= 0.6 is 0 Å². The highest BCUT2D eigenvalue weighted by atomic mass is 16.6. The molecule has 0 saturated heterocycles. The summed E-state index contributed by atoms with van der Waals surface area (Å²) in [5.74, 6) is -0.471. The number of esters is 1. The van der Waals surface area contributed by atoms with E-state index in [4.69, 9.17) is 4.74 Å². The summed E-state index contributed by atoms with van der Waals surface area (Å²) in [4.78, 5) is 30.1. The molecule has 0 fully saturated rings. The van der Waals surface area contributed by atoms with Gasteiger partial charge in [0.05, 0.1) is 10.6 Å². The maximum Gasteiger partial charge on any atom is 0.363 e. The zero-order valence-electron chi connectivity index (χ0n) is 11.2. The lowest BCUT2D eigenvalue weighted by Gasteiger charge is -1.98. The smallest absolute Gasteiger partial charge is 0.363 e. The Morgan fingerprint density at radius 3 is 2.55 bits per heavy atom. The third-order valence-electron chi connectivity index (χ3n) is 2.92. The summed E-state index contributed by atoms with van der Waals surface area (Å²) in [5.41, 5.74) is 1.16. The van der Waals surface area contributed by atoms with E-state index in [1.54, 1.807) is 24.4 Å². The predicted molar refractivity (Wildman–Crippen MR) is 77.9 cm³/mol. The molecule has 1 aromatic carbocycles. The number of carbonyl (C=O) groups is 1. The van der Waals surface area contributed by atoms with Crippen LogP contribution in [0.15, 0.2) is 59.4 Å². The highest BCUT2D eigenvalue weighted by molar-refractivity contribution is 6.12. The van der Waals surface area contributed by atoms with Gasteiger partial charge in [0.25, 0.3) is 5.69 Å². The van der Waals surface area contributed by atoms with Crippen LogP contribution in [0.5, 0.6) is 0 Å². The lowest BCUT2D eigenvalue weighted by molar-refractivity contribution is -0.384. The number of non-ortho nitro benzene ring substituents is 1. The van der Waals surface area contributed by atoms with E-state index in [1.165, 1.54) is 30.3 Å².